The van der Waals surface area contributed by atoms with Crippen LogP contribution in [-0.4, -0.2) is 36.2 Å². The Hall–Kier alpha value is -3.56. The van der Waals surface area contributed by atoms with Crippen molar-refractivity contribution in [3.63, 3.8) is 0 Å². The molecule has 4 rings (SSSR count). The fourth-order valence-electron chi connectivity index (χ4n) is 4.98. The maximum Gasteiger partial charge on any atom is 0.251 e. The van der Waals surface area contributed by atoms with E-state index < -0.39 is 23.8 Å². The lowest BCUT2D eigenvalue weighted by Crippen LogP contribution is -2.48. The second-order valence-electron chi connectivity index (χ2n) is 10.6. The van der Waals surface area contributed by atoms with Crippen molar-refractivity contribution in [2.45, 2.75) is 58.3 Å². The Morgan fingerprint density at radius 3 is 2.35 bits per heavy atom. The first-order valence-corrected chi connectivity index (χ1v) is 14.3. The number of amides is 1. The average molecular weight is 612 g/mol. The van der Waals surface area contributed by atoms with E-state index in [0.717, 1.165) is 47.9 Å². The van der Waals surface area contributed by atoms with E-state index in [2.05, 4.69) is 35.0 Å². The van der Waals surface area contributed by atoms with E-state index in [9.17, 15) is 18.7 Å². The smallest absolute Gasteiger partial charge is 0.251 e. The van der Waals surface area contributed by atoms with E-state index in [1.165, 1.54) is 17.7 Å². The van der Waals surface area contributed by atoms with Crippen molar-refractivity contribution in [1.82, 2.24) is 16.0 Å². The highest BCUT2D eigenvalue weighted by molar-refractivity contribution is 5.94. The maximum atomic E-state index is 13.9. The summed E-state index contributed by atoms with van der Waals surface area (Å²) in [6, 6.07) is 20.0. The zero-order valence-corrected chi connectivity index (χ0v) is 25.4. The summed E-state index contributed by atoms with van der Waals surface area (Å²) in [5, 5.41) is 20.7. The number of rotatable bonds is 15. The van der Waals surface area contributed by atoms with Crippen LogP contribution in [0, 0.1) is 18.6 Å². The summed E-state index contributed by atoms with van der Waals surface area (Å²) in [7, 11) is 0. The quantitative estimate of drug-likeness (QED) is 0.130. The van der Waals surface area contributed by atoms with Crippen LogP contribution in [0.25, 0.3) is 0 Å². The molecule has 4 N–H and O–H groups in total. The van der Waals surface area contributed by atoms with Gasteiger partial charge in [-0.25, -0.2) is 8.78 Å². The van der Waals surface area contributed by atoms with E-state index in [-0.39, 0.29) is 31.3 Å². The van der Waals surface area contributed by atoms with Crippen molar-refractivity contribution >= 4 is 18.3 Å². The first kappa shape index (κ1) is 33.9. The zero-order chi connectivity index (χ0) is 29.9. The van der Waals surface area contributed by atoms with Crippen LogP contribution in [0.1, 0.15) is 50.9 Å². The SMILES string of the molecule is CCc1cccc(CNC[C@@H](O)[C@H](Cc2cc(F)cc(F)c2)NC(=O)c2cc(C)cc(CNCCc3ccco3)c2)c1.Cl. The molecule has 9 heteroatoms. The van der Waals surface area contributed by atoms with Gasteiger partial charge in [-0.3, -0.25) is 4.79 Å². The Kier molecular flexibility index (Phi) is 13.3. The minimum atomic E-state index is -1.01. The molecule has 230 valence electrons. The molecule has 1 heterocycles. The molecule has 0 saturated heterocycles. The number of carbonyl (C=O) groups is 1. The van der Waals surface area contributed by atoms with Crippen LogP contribution >= 0.6 is 12.4 Å². The Labute approximate surface area is 258 Å². The van der Waals surface area contributed by atoms with E-state index in [1.54, 1.807) is 12.3 Å². The van der Waals surface area contributed by atoms with Crippen LogP contribution in [0.5, 0.6) is 0 Å². The molecule has 0 fully saturated rings. The molecule has 3 aromatic carbocycles. The lowest BCUT2D eigenvalue weighted by atomic mass is 9.99. The lowest BCUT2D eigenvalue weighted by molar-refractivity contribution is 0.0829. The normalized spacial score (nSPS) is 12.4. The Bertz CT molecular complexity index is 1430. The third-order valence-corrected chi connectivity index (χ3v) is 7.10. The van der Waals surface area contributed by atoms with Gasteiger partial charge in [-0.15, -0.1) is 12.4 Å². The van der Waals surface area contributed by atoms with Crippen molar-refractivity contribution in [1.29, 1.82) is 0 Å². The van der Waals surface area contributed by atoms with Gasteiger partial charge in [0.25, 0.3) is 5.91 Å². The Morgan fingerprint density at radius 2 is 1.63 bits per heavy atom. The topological polar surface area (TPSA) is 86.5 Å². The van der Waals surface area contributed by atoms with Crippen molar-refractivity contribution in [3.8, 4) is 0 Å². The van der Waals surface area contributed by atoms with E-state index in [1.807, 2.05) is 43.3 Å². The van der Waals surface area contributed by atoms with Gasteiger partial charge in [-0.1, -0.05) is 42.8 Å². The molecule has 0 saturated carbocycles. The number of hydrogen-bond acceptors (Lipinski definition) is 5. The average Bonchev–Trinajstić information content (AvgIpc) is 3.48. The summed E-state index contributed by atoms with van der Waals surface area (Å²) in [5.74, 6) is -0.881. The van der Waals surface area contributed by atoms with Crippen molar-refractivity contribution in [2.75, 3.05) is 13.1 Å². The second kappa shape index (κ2) is 16.9. The van der Waals surface area contributed by atoms with Gasteiger partial charge in [0.05, 0.1) is 18.4 Å². The van der Waals surface area contributed by atoms with Crippen LogP contribution in [0.4, 0.5) is 8.78 Å². The highest BCUT2D eigenvalue weighted by Crippen LogP contribution is 2.15. The van der Waals surface area contributed by atoms with Gasteiger partial charge < -0.3 is 25.5 Å². The highest BCUT2D eigenvalue weighted by Gasteiger charge is 2.23. The Morgan fingerprint density at radius 1 is 0.884 bits per heavy atom. The molecule has 0 radical (unpaired) electrons. The second-order valence-corrected chi connectivity index (χ2v) is 10.6. The number of aryl methyl sites for hydroxylation is 2. The number of hydrogen-bond donors (Lipinski definition) is 4. The largest absolute Gasteiger partial charge is 0.469 e. The number of halogens is 3. The third kappa shape index (κ3) is 10.9. The fraction of sp³-hybridized carbons (Fsp3) is 0.324. The van der Waals surface area contributed by atoms with Gasteiger partial charge in [0.1, 0.15) is 17.4 Å². The number of aliphatic hydroxyl groups excluding tert-OH is 1. The van der Waals surface area contributed by atoms with Crippen LogP contribution in [0.2, 0.25) is 0 Å². The maximum absolute atomic E-state index is 13.9. The minimum absolute atomic E-state index is 0. The number of carbonyl (C=O) groups excluding carboxylic acids is 1. The summed E-state index contributed by atoms with van der Waals surface area (Å²) in [5.41, 5.74) is 4.96. The molecule has 4 aromatic rings. The molecule has 6 nitrogen and oxygen atoms in total. The first-order valence-electron chi connectivity index (χ1n) is 14.3. The zero-order valence-electron chi connectivity index (χ0n) is 24.5. The molecule has 0 bridgehead atoms. The van der Waals surface area contributed by atoms with Gasteiger partial charge in [0, 0.05) is 44.2 Å². The summed E-state index contributed by atoms with van der Waals surface area (Å²) < 4.78 is 33.2. The molecule has 0 unspecified atom stereocenters. The van der Waals surface area contributed by atoms with Crippen molar-refractivity contribution in [2.24, 2.45) is 0 Å². The molecule has 1 aromatic heterocycles. The molecule has 2 atom stereocenters. The molecular weight excluding hydrogens is 572 g/mol. The van der Waals surface area contributed by atoms with Gasteiger partial charge >= 0.3 is 0 Å². The van der Waals surface area contributed by atoms with Gasteiger partial charge in [-0.05, 0) is 78.4 Å². The number of aliphatic hydroxyl groups is 1. The number of nitrogens with one attached hydrogen (secondary N) is 3. The van der Waals surface area contributed by atoms with Crippen molar-refractivity contribution < 1.29 is 23.1 Å². The number of benzene rings is 3. The standard InChI is InChI=1S/C34H39F2N3O3.ClH/c1-3-24-6-4-7-25(14-24)20-38-22-33(40)32(18-26-16-29(35)19-30(36)17-26)39-34(41)28-13-23(2)12-27(15-28)21-37-10-9-31-8-5-11-42-31;/h4-8,11-17,19,32-33,37-38,40H,3,9-10,18,20-22H2,1-2H3,(H,39,41);1H/t32-,33+;/m0./s1. The predicted octanol–water partition coefficient (Wildman–Crippen LogP) is 5.67. The summed E-state index contributed by atoms with van der Waals surface area (Å²) in [6.45, 7) is 6.02. The van der Waals surface area contributed by atoms with Crippen molar-refractivity contribution in [3.05, 3.63) is 130 Å². The molecule has 0 aliphatic heterocycles. The fourth-order valence-corrected chi connectivity index (χ4v) is 4.98. The highest BCUT2D eigenvalue weighted by atomic mass is 35.5. The monoisotopic (exact) mass is 611 g/mol. The van der Waals surface area contributed by atoms with Crippen LogP contribution < -0.4 is 16.0 Å². The van der Waals surface area contributed by atoms with E-state index in [0.29, 0.717) is 24.2 Å². The Balaban J connectivity index is 0.00000506. The minimum Gasteiger partial charge on any atom is -0.469 e. The summed E-state index contributed by atoms with van der Waals surface area (Å²) in [6.07, 6.45) is 2.38. The van der Waals surface area contributed by atoms with Crippen LogP contribution in [0.15, 0.2) is 83.5 Å². The van der Waals surface area contributed by atoms with E-state index in [4.69, 9.17) is 4.42 Å². The van der Waals surface area contributed by atoms with Gasteiger partial charge in [-0.2, -0.15) is 0 Å². The summed E-state index contributed by atoms with van der Waals surface area (Å²) >= 11 is 0. The molecule has 0 spiro atoms. The molecule has 1 amide bonds. The number of furan rings is 1. The molecule has 0 aliphatic carbocycles. The van der Waals surface area contributed by atoms with Crippen LogP contribution in [0.3, 0.4) is 0 Å². The molecular formula is C34H40ClF2N3O3. The van der Waals surface area contributed by atoms with Gasteiger partial charge in [0.2, 0.25) is 0 Å². The van der Waals surface area contributed by atoms with Crippen LogP contribution in [-0.2, 0) is 32.4 Å². The predicted molar refractivity (Wildman–Crippen MR) is 167 cm³/mol. The first-order chi connectivity index (χ1) is 20.3. The third-order valence-electron chi connectivity index (χ3n) is 7.10. The van der Waals surface area contributed by atoms with E-state index >= 15 is 0 Å². The lowest BCUT2D eigenvalue weighted by Gasteiger charge is -2.25. The summed E-state index contributed by atoms with van der Waals surface area (Å²) in [4.78, 5) is 13.4. The molecule has 0 aliphatic rings. The molecule has 43 heavy (non-hydrogen) atoms. The van der Waals surface area contributed by atoms with Gasteiger partial charge in [0.15, 0.2) is 0 Å².